The van der Waals surface area contributed by atoms with Crippen LogP contribution in [0.5, 0.6) is 0 Å². The van der Waals surface area contributed by atoms with Gasteiger partial charge in [-0.2, -0.15) is 0 Å². The molecule has 1 atom stereocenters. The van der Waals surface area contributed by atoms with Gasteiger partial charge in [0.05, 0.1) is 12.2 Å². The second-order valence-electron chi connectivity index (χ2n) is 3.68. The Bertz CT molecular complexity index is 143. The third-order valence-corrected chi connectivity index (χ3v) is 2.62. The van der Waals surface area contributed by atoms with Crippen LogP contribution in [0.4, 0.5) is 0 Å². The third kappa shape index (κ3) is 3.49. The van der Waals surface area contributed by atoms with Crippen LogP contribution in [-0.2, 0) is 9.47 Å². The fraction of sp³-hybridized carbons (Fsp3) is 0.818. The van der Waals surface area contributed by atoms with Crippen LogP contribution in [0.2, 0.25) is 0 Å². The van der Waals surface area contributed by atoms with E-state index in [0.29, 0.717) is 12.5 Å². The molecule has 0 aliphatic carbocycles. The molecule has 0 aromatic rings. The van der Waals surface area contributed by atoms with Crippen molar-refractivity contribution in [1.82, 2.24) is 0 Å². The van der Waals surface area contributed by atoms with Gasteiger partial charge in [-0.3, -0.25) is 0 Å². The number of ether oxygens (including phenoxy) is 2. The summed E-state index contributed by atoms with van der Waals surface area (Å²) in [7, 11) is 3.46. The molecule has 0 amide bonds. The van der Waals surface area contributed by atoms with Crippen molar-refractivity contribution < 1.29 is 9.47 Å². The van der Waals surface area contributed by atoms with Crippen LogP contribution in [0.3, 0.4) is 0 Å². The van der Waals surface area contributed by atoms with Crippen molar-refractivity contribution >= 4 is 0 Å². The minimum Gasteiger partial charge on any atom is -0.382 e. The third-order valence-electron chi connectivity index (χ3n) is 2.62. The summed E-state index contributed by atoms with van der Waals surface area (Å²) in [6, 6.07) is 0. The highest BCUT2D eigenvalue weighted by molar-refractivity contribution is 4.86. The van der Waals surface area contributed by atoms with E-state index in [1.165, 1.54) is 0 Å². The predicted molar refractivity (Wildman–Crippen MR) is 55.9 cm³/mol. The number of allylic oxidation sites excluding steroid dienone is 1. The summed E-state index contributed by atoms with van der Waals surface area (Å²) in [5.74, 6) is 0.456. The van der Waals surface area contributed by atoms with Gasteiger partial charge in [0, 0.05) is 14.2 Å². The van der Waals surface area contributed by atoms with E-state index in [2.05, 4.69) is 20.4 Å². The lowest BCUT2D eigenvalue weighted by molar-refractivity contribution is -0.0987. The highest BCUT2D eigenvalue weighted by atomic mass is 16.5. The first-order chi connectivity index (χ1) is 6.13. The molecule has 2 nitrogen and oxygen atoms in total. The average Bonchev–Trinajstić information content (AvgIpc) is 2.12. The molecule has 0 rings (SSSR count). The number of hydrogen-bond acceptors (Lipinski definition) is 2. The molecular weight excluding hydrogens is 164 g/mol. The molecule has 0 aromatic heterocycles. The summed E-state index contributed by atoms with van der Waals surface area (Å²) in [6.07, 6.45) is 3.86. The lowest BCUT2D eigenvalue weighted by Crippen LogP contribution is -2.41. The molecule has 0 aliphatic heterocycles. The molecule has 0 bridgehead atoms. The van der Waals surface area contributed by atoms with Crippen LogP contribution < -0.4 is 0 Å². The normalized spacial score (nSPS) is 15.8. The summed E-state index contributed by atoms with van der Waals surface area (Å²) in [5.41, 5.74) is -0.150. The van der Waals surface area contributed by atoms with E-state index in [9.17, 15) is 0 Å². The first kappa shape index (κ1) is 12.7. The van der Waals surface area contributed by atoms with Crippen LogP contribution >= 0.6 is 0 Å². The average molecular weight is 186 g/mol. The molecule has 0 aliphatic rings. The fourth-order valence-corrected chi connectivity index (χ4v) is 1.51. The molecule has 0 saturated heterocycles. The van der Waals surface area contributed by atoms with Gasteiger partial charge in [0.15, 0.2) is 0 Å². The maximum absolute atomic E-state index is 5.57. The highest BCUT2D eigenvalue weighted by Gasteiger charge is 2.32. The molecule has 0 aromatic carbocycles. The molecule has 0 unspecified atom stereocenters. The van der Waals surface area contributed by atoms with Gasteiger partial charge in [-0.15, -0.1) is 6.58 Å². The Kier molecular flexibility index (Phi) is 6.00. The van der Waals surface area contributed by atoms with Gasteiger partial charge < -0.3 is 9.47 Å². The standard InChI is InChI=1S/C11H22O2/c1-6-7-8-11(13-5,9-12-4)10(2)3/h6,10H,1,7-9H2,2-5H3/t11-/m1/s1. The molecule has 78 valence electrons. The SMILES string of the molecule is C=CCC[C@](COC)(OC)C(C)C. The van der Waals surface area contributed by atoms with Crippen molar-refractivity contribution in [3.63, 3.8) is 0 Å². The number of methoxy groups -OCH3 is 2. The Morgan fingerprint density at radius 3 is 2.31 bits per heavy atom. The Morgan fingerprint density at radius 1 is 1.38 bits per heavy atom. The van der Waals surface area contributed by atoms with Gasteiger partial charge in [0.1, 0.15) is 0 Å². The van der Waals surface area contributed by atoms with Crippen molar-refractivity contribution in [1.29, 1.82) is 0 Å². The summed E-state index contributed by atoms with van der Waals surface area (Å²) in [4.78, 5) is 0. The maximum Gasteiger partial charge on any atom is 0.0936 e. The molecular formula is C11H22O2. The van der Waals surface area contributed by atoms with Crippen LogP contribution in [-0.4, -0.2) is 26.4 Å². The van der Waals surface area contributed by atoms with Crippen molar-refractivity contribution in [2.75, 3.05) is 20.8 Å². The van der Waals surface area contributed by atoms with Crippen LogP contribution in [0.1, 0.15) is 26.7 Å². The van der Waals surface area contributed by atoms with E-state index < -0.39 is 0 Å². The lowest BCUT2D eigenvalue weighted by Gasteiger charge is -2.35. The summed E-state index contributed by atoms with van der Waals surface area (Å²) in [5, 5.41) is 0. The number of hydrogen-bond donors (Lipinski definition) is 0. The van der Waals surface area contributed by atoms with Crippen molar-refractivity contribution in [3.8, 4) is 0 Å². The molecule has 0 heterocycles. The van der Waals surface area contributed by atoms with Crippen molar-refractivity contribution in [2.24, 2.45) is 5.92 Å². The summed E-state index contributed by atoms with van der Waals surface area (Å²) in [6.45, 7) is 8.69. The van der Waals surface area contributed by atoms with E-state index in [4.69, 9.17) is 9.47 Å². The van der Waals surface area contributed by atoms with E-state index in [0.717, 1.165) is 12.8 Å². The van der Waals surface area contributed by atoms with Gasteiger partial charge >= 0.3 is 0 Å². The second-order valence-corrected chi connectivity index (χ2v) is 3.68. The van der Waals surface area contributed by atoms with E-state index in [1.54, 1.807) is 14.2 Å². The summed E-state index contributed by atoms with van der Waals surface area (Å²) < 4.78 is 10.8. The lowest BCUT2D eigenvalue weighted by atomic mass is 9.86. The van der Waals surface area contributed by atoms with Gasteiger partial charge in [-0.1, -0.05) is 19.9 Å². The van der Waals surface area contributed by atoms with Crippen LogP contribution in [0, 0.1) is 5.92 Å². The molecule has 2 heteroatoms. The maximum atomic E-state index is 5.57. The molecule has 0 N–H and O–H groups in total. The molecule has 0 fully saturated rings. The molecule has 0 saturated carbocycles. The topological polar surface area (TPSA) is 18.5 Å². The summed E-state index contributed by atoms with van der Waals surface area (Å²) >= 11 is 0. The highest BCUT2D eigenvalue weighted by Crippen LogP contribution is 2.27. The van der Waals surface area contributed by atoms with Crippen molar-refractivity contribution in [2.45, 2.75) is 32.3 Å². The van der Waals surface area contributed by atoms with E-state index >= 15 is 0 Å². The second kappa shape index (κ2) is 6.17. The van der Waals surface area contributed by atoms with Crippen molar-refractivity contribution in [3.05, 3.63) is 12.7 Å². The van der Waals surface area contributed by atoms with E-state index in [-0.39, 0.29) is 5.60 Å². The van der Waals surface area contributed by atoms with Gasteiger partial charge in [-0.05, 0) is 18.8 Å². The Labute approximate surface area is 81.9 Å². The molecule has 0 radical (unpaired) electrons. The monoisotopic (exact) mass is 186 g/mol. The van der Waals surface area contributed by atoms with Crippen LogP contribution in [0.15, 0.2) is 12.7 Å². The largest absolute Gasteiger partial charge is 0.382 e. The molecule has 0 spiro atoms. The quantitative estimate of drug-likeness (QED) is 0.569. The zero-order chi connectivity index (χ0) is 10.3. The smallest absolute Gasteiger partial charge is 0.0936 e. The first-order valence-corrected chi connectivity index (χ1v) is 4.78. The Morgan fingerprint density at radius 2 is 2.00 bits per heavy atom. The Balaban J connectivity index is 4.34. The first-order valence-electron chi connectivity index (χ1n) is 4.78. The number of rotatable bonds is 7. The minimum absolute atomic E-state index is 0.150. The zero-order valence-corrected chi connectivity index (χ0v) is 9.30. The van der Waals surface area contributed by atoms with Gasteiger partial charge in [0.2, 0.25) is 0 Å². The van der Waals surface area contributed by atoms with Crippen LogP contribution in [0.25, 0.3) is 0 Å². The predicted octanol–water partition coefficient (Wildman–Crippen LogP) is 2.64. The molecule has 13 heavy (non-hydrogen) atoms. The minimum atomic E-state index is -0.150. The zero-order valence-electron chi connectivity index (χ0n) is 9.30. The fourth-order valence-electron chi connectivity index (χ4n) is 1.51. The van der Waals surface area contributed by atoms with E-state index in [1.807, 2.05) is 6.08 Å². The Hall–Kier alpha value is -0.340. The van der Waals surface area contributed by atoms with Gasteiger partial charge in [0.25, 0.3) is 0 Å². The van der Waals surface area contributed by atoms with Gasteiger partial charge in [-0.25, -0.2) is 0 Å².